The van der Waals surface area contributed by atoms with Gasteiger partial charge in [0.2, 0.25) is 0 Å². The number of rotatable bonds is 5. The Labute approximate surface area is 79.4 Å². The number of thioether (sulfide) groups is 1. The maximum Gasteiger partial charge on any atom is 0.0588 e. The van der Waals surface area contributed by atoms with Crippen LogP contribution in [0, 0.1) is 5.92 Å². The Bertz CT molecular complexity index is 121. The maximum atomic E-state index is 5.48. The lowest BCUT2D eigenvalue weighted by atomic mass is 10.0. The third-order valence-electron chi connectivity index (χ3n) is 2.42. The van der Waals surface area contributed by atoms with Gasteiger partial charge in [0.1, 0.15) is 0 Å². The molecule has 3 heteroatoms. The number of hydrogen-bond acceptors (Lipinski definition) is 3. The zero-order chi connectivity index (χ0) is 8.81. The molecule has 0 aromatic heterocycles. The van der Waals surface area contributed by atoms with E-state index in [2.05, 4.69) is 18.5 Å². The van der Waals surface area contributed by atoms with Crippen molar-refractivity contribution in [1.82, 2.24) is 5.32 Å². The molecule has 0 aliphatic carbocycles. The molecular formula is C9H19NOS. The summed E-state index contributed by atoms with van der Waals surface area (Å²) in [5, 5.41) is 3.46. The van der Waals surface area contributed by atoms with Crippen LogP contribution in [0.3, 0.4) is 0 Å². The Morgan fingerprint density at radius 2 is 2.42 bits per heavy atom. The Kier molecular flexibility index (Phi) is 5.04. The fourth-order valence-electron chi connectivity index (χ4n) is 1.51. The van der Waals surface area contributed by atoms with Gasteiger partial charge in [0.25, 0.3) is 0 Å². The molecule has 1 aliphatic rings. The van der Waals surface area contributed by atoms with E-state index < -0.39 is 0 Å². The van der Waals surface area contributed by atoms with Gasteiger partial charge < -0.3 is 10.1 Å². The van der Waals surface area contributed by atoms with Gasteiger partial charge in [0, 0.05) is 25.4 Å². The molecule has 0 aromatic rings. The lowest BCUT2D eigenvalue weighted by Crippen LogP contribution is -2.28. The maximum absolute atomic E-state index is 5.48. The molecule has 0 aromatic carbocycles. The van der Waals surface area contributed by atoms with Crippen LogP contribution in [0.15, 0.2) is 0 Å². The van der Waals surface area contributed by atoms with E-state index in [9.17, 15) is 0 Å². The van der Waals surface area contributed by atoms with Crippen molar-refractivity contribution in [2.45, 2.75) is 19.4 Å². The molecule has 0 radical (unpaired) electrons. The van der Waals surface area contributed by atoms with Gasteiger partial charge in [-0.3, -0.25) is 0 Å². The second-order valence-electron chi connectivity index (χ2n) is 3.32. The van der Waals surface area contributed by atoms with E-state index in [-0.39, 0.29) is 0 Å². The molecule has 1 heterocycles. The zero-order valence-electron chi connectivity index (χ0n) is 8.01. The molecular weight excluding hydrogens is 170 g/mol. The van der Waals surface area contributed by atoms with E-state index in [0.29, 0.717) is 6.10 Å². The highest BCUT2D eigenvalue weighted by Gasteiger charge is 2.23. The smallest absolute Gasteiger partial charge is 0.0588 e. The predicted molar refractivity (Wildman–Crippen MR) is 54.8 cm³/mol. The third-order valence-corrected chi connectivity index (χ3v) is 3.04. The van der Waals surface area contributed by atoms with Gasteiger partial charge in [0.05, 0.1) is 6.10 Å². The molecule has 0 saturated carbocycles. The third kappa shape index (κ3) is 3.33. The first-order chi connectivity index (χ1) is 5.84. The van der Waals surface area contributed by atoms with Gasteiger partial charge in [-0.2, -0.15) is 11.8 Å². The van der Waals surface area contributed by atoms with Crippen molar-refractivity contribution in [3.8, 4) is 0 Å². The minimum Gasteiger partial charge on any atom is -0.378 e. The normalized spacial score (nSPS) is 29.5. The van der Waals surface area contributed by atoms with Gasteiger partial charge in [-0.05, 0) is 25.5 Å². The fourth-order valence-corrected chi connectivity index (χ4v) is 1.85. The van der Waals surface area contributed by atoms with Crippen molar-refractivity contribution in [3.05, 3.63) is 0 Å². The quantitative estimate of drug-likeness (QED) is 0.660. The molecule has 2 unspecified atom stereocenters. The highest BCUT2D eigenvalue weighted by atomic mass is 32.2. The second kappa shape index (κ2) is 5.84. The molecule has 0 amide bonds. The summed E-state index contributed by atoms with van der Waals surface area (Å²) in [5.74, 6) is 1.95. The van der Waals surface area contributed by atoms with E-state index in [0.717, 1.165) is 25.6 Å². The van der Waals surface area contributed by atoms with Crippen molar-refractivity contribution < 1.29 is 4.74 Å². The van der Waals surface area contributed by atoms with E-state index in [4.69, 9.17) is 4.74 Å². The molecule has 2 atom stereocenters. The largest absolute Gasteiger partial charge is 0.378 e. The van der Waals surface area contributed by atoms with Crippen LogP contribution in [0.2, 0.25) is 0 Å². The van der Waals surface area contributed by atoms with Crippen molar-refractivity contribution in [1.29, 1.82) is 0 Å². The molecule has 1 saturated heterocycles. The average molecular weight is 189 g/mol. The number of ether oxygens (including phenoxy) is 1. The van der Waals surface area contributed by atoms with Gasteiger partial charge >= 0.3 is 0 Å². The van der Waals surface area contributed by atoms with Crippen LogP contribution in [0.5, 0.6) is 0 Å². The summed E-state index contributed by atoms with van der Waals surface area (Å²) in [4.78, 5) is 0. The van der Waals surface area contributed by atoms with Crippen LogP contribution in [-0.4, -0.2) is 37.8 Å². The van der Waals surface area contributed by atoms with Gasteiger partial charge in [0.15, 0.2) is 0 Å². The predicted octanol–water partition coefficient (Wildman–Crippen LogP) is 1.36. The summed E-state index contributed by atoms with van der Waals surface area (Å²) in [5.41, 5.74) is 0. The SMILES string of the molecule is CSCCNCC1CCOC1C. The second-order valence-corrected chi connectivity index (χ2v) is 4.31. The Morgan fingerprint density at radius 3 is 3.00 bits per heavy atom. The Hall–Kier alpha value is 0.270. The molecule has 2 nitrogen and oxygen atoms in total. The molecule has 72 valence electrons. The summed E-state index contributed by atoms with van der Waals surface area (Å²) in [7, 11) is 0. The minimum atomic E-state index is 0.465. The van der Waals surface area contributed by atoms with Crippen LogP contribution < -0.4 is 5.32 Å². The molecule has 1 N–H and O–H groups in total. The molecule has 12 heavy (non-hydrogen) atoms. The highest BCUT2D eigenvalue weighted by Crippen LogP contribution is 2.18. The topological polar surface area (TPSA) is 21.3 Å². The first kappa shape index (κ1) is 10.4. The van der Waals surface area contributed by atoms with E-state index in [1.807, 2.05) is 11.8 Å². The van der Waals surface area contributed by atoms with E-state index in [1.165, 1.54) is 12.2 Å². The summed E-state index contributed by atoms with van der Waals surface area (Å²) in [6.45, 7) is 5.38. The average Bonchev–Trinajstić information content (AvgIpc) is 2.46. The van der Waals surface area contributed by atoms with Gasteiger partial charge in [-0.15, -0.1) is 0 Å². The lowest BCUT2D eigenvalue weighted by Gasteiger charge is -2.14. The zero-order valence-corrected chi connectivity index (χ0v) is 8.82. The first-order valence-electron chi connectivity index (χ1n) is 4.66. The van der Waals surface area contributed by atoms with Crippen molar-refractivity contribution >= 4 is 11.8 Å². The van der Waals surface area contributed by atoms with Gasteiger partial charge in [-0.25, -0.2) is 0 Å². The number of hydrogen-bond donors (Lipinski definition) is 1. The van der Waals surface area contributed by atoms with Crippen LogP contribution in [0.25, 0.3) is 0 Å². The first-order valence-corrected chi connectivity index (χ1v) is 6.05. The number of nitrogens with one attached hydrogen (secondary N) is 1. The summed E-state index contributed by atoms with van der Waals surface area (Å²) in [6, 6.07) is 0. The molecule has 0 spiro atoms. The van der Waals surface area contributed by atoms with Crippen molar-refractivity contribution in [2.75, 3.05) is 31.7 Å². The molecule has 1 rings (SSSR count). The summed E-state index contributed by atoms with van der Waals surface area (Å²) in [6.07, 6.45) is 3.84. The van der Waals surface area contributed by atoms with E-state index >= 15 is 0 Å². The summed E-state index contributed by atoms with van der Waals surface area (Å²) < 4.78 is 5.48. The molecule has 1 fully saturated rings. The monoisotopic (exact) mass is 189 g/mol. The standard InChI is InChI=1S/C9H19NOS/c1-8-9(3-5-11-8)7-10-4-6-12-2/h8-10H,3-7H2,1-2H3. The fraction of sp³-hybridized carbons (Fsp3) is 1.00. The molecule has 1 aliphatic heterocycles. The lowest BCUT2D eigenvalue weighted by molar-refractivity contribution is 0.106. The Balaban J connectivity index is 1.98. The van der Waals surface area contributed by atoms with Crippen molar-refractivity contribution in [2.24, 2.45) is 5.92 Å². The van der Waals surface area contributed by atoms with Crippen LogP contribution in [0.1, 0.15) is 13.3 Å². The van der Waals surface area contributed by atoms with Crippen LogP contribution >= 0.6 is 11.8 Å². The van der Waals surface area contributed by atoms with E-state index in [1.54, 1.807) is 0 Å². The van der Waals surface area contributed by atoms with Crippen LogP contribution in [0.4, 0.5) is 0 Å². The highest BCUT2D eigenvalue weighted by molar-refractivity contribution is 7.98. The minimum absolute atomic E-state index is 0.465. The van der Waals surface area contributed by atoms with Crippen LogP contribution in [-0.2, 0) is 4.74 Å². The van der Waals surface area contributed by atoms with Gasteiger partial charge in [-0.1, -0.05) is 0 Å². The molecule has 0 bridgehead atoms. The van der Waals surface area contributed by atoms with Crippen molar-refractivity contribution in [3.63, 3.8) is 0 Å². The summed E-state index contributed by atoms with van der Waals surface area (Å²) >= 11 is 1.89. The Morgan fingerprint density at radius 1 is 1.58 bits per heavy atom.